The second kappa shape index (κ2) is 9.33. The van der Waals surface area contributed by atoms with Gasteiger partial charge < -0.3 is 20.4 Å². The summed E-state index contributed by atoms with van der Waals surface area (Å²) >= 11 is 0. The molecule has 0 atom stereocenters. The van der Waals surface area contributed by atoms with Crippen molar-refractivity contribution in [1.29, 1.82) is 0 Å². The van der Waals surface area contributed by atoms with Crippen LogP contribution in [0.3, 0.4) is 0 Å². The highest BCUT2D eigenvalue weighted by Gasteiger charge is 2.26. The van der Waals surface area contributed by atoms with Gasteiger partial charge in [-0.2, -0.15) is 5.10 Å². The number of rotatable bonds is 5. The number of piperidine rings is 1. The number of nitrogens with one attached hydrogen (secondary N) is 1. The van der Waals surface area contributed by atoms with Crippen LogP contribution in [-0.4, -0.2) is 42.4 Å². The monoisotopic (exact) mass is 494 g/mol. The van der Waals surface area contributed by atoms with E-state index in [-0.39, 0.29) is 0 Å². The Morgan fingerprint density at radius 2 is 1.81 bits per heavy atom. The zero-order chi connectivity index (χ0) is 25.5. The first kappa shape index (κ1) is 23.2. The van der Waals surface area contributed by atoms with E-state index in [9.17, 15) is 0 Å². The van der Waals surface area contributed by atoms with Gasteiger partial charge in [-0.05, 0) is 63.5 Å². The highest BCUT2D eigenvalue weighted by molar-refractivity contribution is 6.07. The second-order valence-electron chi connectivity index (χ2n) is 9.55. The topological polar surface area (TPSA) is 109 Å². The van der Waals surface area contributed by atoms with Crippen LogP contribution in [0, 0.1) is 13.8 Å². The van der Waals surface area contributed by atoms with Crippen molar-refractivity contribution in [2.75, 3.05) is 18.8 Å². The van der Waals surface area contributed by atoms with Crippen LogP contribution in [-0.2, 0) is 7.05 Å². The van der Waals surface area contributed by atoms with Crippen molar-refractivity contribution in [2.24, 2.45) is 7.05 Å². The maximum absolute atomic E-state index is 6.44. The summed E-state index contributed by atoms with van der Waals surface area (Å²) in [6.45, 7) is 6.11. The molecule has 0 saturated carbocycles. The minimum Gasteiger partial charge on any atom is -0.439 e. The average molecular weight is 495 g/mol. The fourth-order valence-corrected chi connectivity index (χ4v) is 5.33. The van der Waals surface area contributed by atoms with Gasteiger partial charge in [0.2, 0.25) is 5.88 Å². The van der Waals surface area contributed by atoms with Gasteiger partial charge >= 0.3 is 0 Å². The molecule has 5 aromatic rings. The molecule has 0 spiro atoms. The summed E-state index contributed by atoms with van der Waals surface area (Å²) in [6.07, 6.45) is 5.63. The summed E-state index contributed by atoms with van der Waals surface area (Å²) < 4.78 is 10.3. The fourth-order valence-electron chi connectivity index (χ4n) is 5.33. The second-order valence-corrected chi connectivity index (χ2v) is 9.55. The Bertz CT molecular complexity index is 1580. The Morgan fingerprint density at radius 1 is 1.03 bits per heavy atom. The number of anilines is 1. The van der Waals surface area contributed by atoms with Crippen LogP contribution in [0.4, 0.5) is 5.82 Å². The first-order chi connectivity index (χ1) is 18.0. The van der Waals surface area contributed by atoms with Crippen molar-refractivity contribution in [3.8, 4) is 34.0 Å². The Morgan fingerprint density at radius 3 is 2.57 bits per heavy atom. The lowest BCUT2D eigenvalue weighted by atomic mass is 9.99. The van der Waals surface area contributed by atoms with Crippen LogP contribution in [0.15, 0.2) is 55.0 Å². The predicted octanol–water partition coefficient (Wildman–Crippen LogP) is 4.81. The van der Waals surface area contributed by atoms with Crippen LogP contribution in [0.1, 0.15) is 30.3 Å². The molecule has 0 amide bonds. The molecular formula is C28H30N8O. The van der Waals surface area contributed by atoms with Crippen molar-refractivity contribution in [1.82, 2.24) is 34.6 Å². The third-order valence-corrected chi connectivity index (χ3v) is 7.18. The summed E-state index contributed by atoms with van der Waals surface area (Å²) in [7, 11) is 2.02. The summed E-state index contributed by atoms with van der Waals surface area (Å²) in [5.74, 6) is 1.73. The molecule has 5 heterocycles. The maximum Gasteiger partial charge on any atom is 0.219 e. The zero-order valence-corrected chi connectivity index (χ0v) is 21.3. The number of hydrogen-bond acceptors (Lipinski definition) is 7. The van der Waals surface area contributed by atoms with Gasteiger partial charge in [-0.3, -0.25) is 4.68 Å². The van der Waals surface area contributed by atoms with Crippen LogP contribution >= 0.6 is 0 Å². The molecule has 6 rings (SSSR count). The molecule has 9 heteroatoms. The molecular weight excluding hydrogens is 464 g/mol. The van der Waals surface area contributed by atoms with Crippen molar-refractivity contribution < 1.29 is 4.74 Å². The van der Waals surface area contributed by atoms with Gasteiger partial charge in [0.05, 0.1) is 23.3 Å². The molecule has 1 aromatic carbocycles. The average Bonchev–Trinajstić information content (AvgIpc) is 3.42. The number of ether oxygens (including phenoxy) is 1. The highest BCUT2D eigenvalue weighted by Crippen LogP contribution is 2.43. The number of nitrogens with two attached hydrogens (primary N) is 1. The van der Waals surface area contributed by atoms with E-state index in [1.807, 2.05) is 62.6 Å². The standard InChI is InChI=1S/C28H30N8O/c1-17-5-4-6-23(34-17)37-21-9-7-19(8-10-21)24-25-27(29)31-16-32-28(25)35(3)26(24)22-15-33-36(18(22)2)20-11-13-30-14-12-20/h4-10,15-16,20,30H,11-14H2,1-3H3,(H2,29,31,32). The minimum absolute atomic E-state index is 0.393. The van der Waals surface area contributed by atoms with Crippen molar-refractivity contribution in [2.45, 2.75) is 32.7 Å². The molecule has 1 aliphatic heterocycles. The molecule has 3 N–H and O–H groups in total. The van der Waals surface area contributed by atoms with Crippen LogP contribution < -0.4 is 15.8 Å². The number of hydrogen-bond donors (Lipinski definition) is 2. The van der Waals surface area contributed by atoms with Gasteiger partial charge in [-0.1, -0.05) is 18.2 Å². The number of nitrogen functional groups attached to an aromatic ring is 1. The van der Waals surface area contributed by atoms with E-state index in [1.165, 1.54) is 6.33 Å². The van der Waals surface area contributed by atoms with E-state index in [4.69, 9.17) is 15.6 Å². The van der Waals surface area contributed by atoms with Gasteiger partial charge in [0.25, 0.3) is 0 Å². The fraction of sp³-hybridized carbons (Fsp3) is 0.286. The Labute approximate surface area is 215 Å². The third-order valence-electron chi connectivity index (χ3n) is 7.18. The third kappa shape index (κ3) is 4.11. The van der Waals surface area contributed by atoms with E-state index in [0.717, 1.165) is 70.7 Å². The highest BCUT2D eigenvalue weighted by atomic mass is 16.5. The smallest absolute Gasteiger partial charge is 0.219 e. The summed E-state index contributed by atoms with van der Waals surface area (Å²) in [5, 5.41) is 9.11. The number of aryl methyl sites for hydroxylation is 2. The van der Waals surface area contributed by atoms with Crippen LogP contribution in [0.2, 0.25) is 0 Å². The molecule has 9 nitrogen and oxygen atoms in total. The number of aromatic nitrogens is 6. The number of benzene rings is 1. The predicted molar refractivity (Wildman–Crippen MR) is 145 cm³/mol. The van der Waals surface area contributed by atoms with Gasteiger partial charge in [0.15, 0.2) is 0 Å². The van der Waals surface area contributed by atoms with E-state index in [2.05, 4.69) is 36.4 Å². The lowest BCUT2D eigenvalue weighted by molar-refractivity contribution is 0.338. The number of pyridine rings is 1. The molecule has 0 unspecified atom stereocenters. The minimum atomic E-state index is 0.393. The maximum atomic E-state index is 6.44. The Kier molecular flexibility index (Phi) is 5.84. The molecule has 4 aromatic heterocycles. The lowest BCUT2D eigenvalue weighted by Crippen LogP contribution is -2.30. The molecule has 0 bridgehead atoms. The van der Waals surface area contributed by atoms with Gasteiger partial charge in [0, 0.05) is 35.6 Å². The van der Waals surface area contributed by atoms with Gasteiger partial charge in [0.1, 0.15) is 23.5 Å². The molecule has 1 fully saturated rings. The quantitative estimate of drug-likeness (QED) is 0.361. The Balaban J connectivity index is 1.46. The number of fused-ring (bicyclic) bond motifs is 1. The molecule has 1 saturated heterocycles. The van der Waals surface area contributed by atoms with Gasteiger partial charge in [-0.25, -0.2) is 15.0 Å². The largest absolute Gasteiger partial charge is 0.439 e. The van der Waals surface area contributed by atoms with Crippen LogP contribution in [0.5, 0.6) is 11.6 Å². The van der Waals surface area contributed by atoms with E-state index >= 15 is 0 Å². The van der Waals surface area contributed by atoms with Gasteiger partial charge in [-0.15, -0.1) is 0 Å². The van der Waals surface area contributed by atoms with E-state index in [0.29, 0.717) is 23.5 Å². The first-order valence-electron chi connectivity index (χ1n) is 12.6. The van der Waals surface area contributed by atoms with Crippen molar-refractivity contribution in [3.63, 3.8) is 0 Å². The zero-order valence-electron chi connectivity index (χ0n) is 21.3. The summed E-state index contributed by atoms with van der Waals surface area (Å²) in [6, 6.07) is 14.1. The lowest BCUT2D eigenvalue weighted by Gasteiger charge is -2.24. The van der Waals surface area contributed by atoms with E-state index < -0.39 is 0 Å². The van der Waals surface area contributed by atoms with Crippen LogP contribution in [0.25, 0.3) is 33.4 Å². The first-order valence-corrected chi connectivity index (χ1v) is 12.6. The molecule has 0 radical (unpaired) electrons. The molecule has 1 aliphatic rings. The van der Waals surface area contributed by atoms with E-state index in [1.54, 1.807) is 0 Å². The Hall–Kier alpha value is -4.24. The molecule has 37 heavy (non-hydrogen) atoms. The summed E-state index contributed by atoms with van der Waals surface area (Å²) in [4.78, 5) is 13.3. The number of nitrogens with zero attached hydrogens (tertiary/aromatic N) is 6. The molecule has 0 aliphatic carbocycles. The van der Waals surface area contributed by atoms with Crippen molar-refractivity contribution >= 4 is 16.9 Å². The van der Waals surface area contributed by atoms with Crippen molar-refractivity contribution in [3.05, 3.63) is 66.4 Å². The summed E-state index contributed by atoms with van der Waals surface area (Å²) in [5.41, 5.74) is 13.3. The normalized spacial score (nSPS) is 14.4. The SMILES string of the molecule is Cc1cccc(Oc2ccc(-c3c(-c4cnn(C5CCNCC5)c4C)n(C)c4ncnc(N)c34)cc2)n1. The molecule has 188 valence electrons.